The smallest absolute Gasteiger partial charge is 0.345 e. The van der Waals surface area contributed by atoms with E-state index in [1.807, 2.05) is 0 Å². The van der Waals surface area contributed by atoms with Crippen molar-refractivity contribution in [3.05, 3.63) is 45.3 Å². The summed E-state index contributed by atoms with van der Waals surface area (Å²) >= 11 is 12.6. The van der Waals surface area contributed by atoms with Crippen molar-refractivity contribution >= 4 is 57.2 Å². The molecule has 0 bridgehead atoms. The Labute approximate surface area is 128 Å². The maximum atomic E-state index is 11.7. The summed E-state index contributed by atoms with van der Waals surface area (Å²) in [4.78, 5) is 22.6. The van der Waals surface area contributed by atoms with Crippen molar-refractivity contribution in [2.24, 2.45) is 0 Å². The maximum Gasteiger partial charge on any atom is 0.345 e. The van der Waals surface area contributed by atoms with Crippen molar-refractivity contribution in [2.45, 2.75) is 0 Å². The van der Waals surface area contributed by atoms with Crippen molar-refractivity contribution in [3.8, 4) is 0 Å². The highest BCUT2D eigenvalue weighted by molar-refractivity contribution is 7.18. The fourth-order valence-electron chi connectivity index (χ4n) is 1.42. The zero-order valence-corrected chi connectivity index (χ0v) is 12.1. The number of hydrogen-bond donors (Lipinski definition) is 3. The second-order valence-electron chi connectivity index (χ2n) is 3.71. The predicted octanol–water partition coefficient (Wildman–Crippen LogP) is 4.40. The van der Waals surface area contributed by atoms with Gasteiger partial charge in [-0.25, -0.2) is 9.59 Å². The SMILES string of the molecule is O=C(Nc1cc(Cl)cc(Cl)c1)Nc1ccc(C(=O)O)s1. The van der Waals surface area contributed by atoms with E-state index in [0.717, 1.165) is 11.3 Å². The lowest BCUT2D eigenvalue weighted by Gasteiger charge is -2.06. The number of aromatic carboxylic acids is 1. The molecule has 0 unspecified atom stereocenters. The van der Waals surface area contributed by atoms with Crippen LogP contribution in [-0.2, 0) is 0 Å². The highest BCUT2D eigenvalue weighted by atomic mass is 35.5. The van der Waals surface area contributed by atoms with Gasteiger partial charge in [0.15, 0.2) is 0 Å². The van der Waals surface area contributed by atoms with Crippen LogP contribution in [0.4, 0.5) is 15.5 Å². The summed E-state index contributed by atoms with van der Waals surface area (Å²) in [5, 5.41) is 15.1. The number of carboxylic acids is 1. The van der Waals surface area contributed by atoms with Crippen molar-refractivity contribution in [3.63, 3.8) is 0 Å². The van der Waals surface area contributed by atoms with Crippen LogP contribution in [0.3, 0.4) is 0 Å². The number of thiophene rings is 1. The average molecular weight is 331 g/mol. The van der Waals surface area contributed by atoms with Crippen molar-refractivity contribution in [1.82, 2.24) is 0 Å². The lowest BCUT2D eigenvalue weighted by atomic mass is 10.3. The van der Waals surface area contributed by atoms with Crippen molar-refractivity contribution in [2.75, 3.05) is 10.6 Å². The normalized spacial score (nSPS) is 10.1. The summed E-state index contributed by atoms with van der Waals surface area (Å²) in [6.07, 6.45) is 0. The summed E-state index contributed by atoms with van der Waals surface area (Å²) in [6, 6.07) is 7.05. The third-order valence-corrected chi connectivity index (χ3v) is 3.60. The van der Waals surface area contributed by atoms with Crippen LogP contribution in [0.15, 0.2) is 30.3 Å². The zero-order valence-electron chi connectivity index (χ0n) is 9.81. The van der Waals surface area contributed by atoms with Gasteiger partial charge in [0, 0.05) is 15.7 Å². The molecule has 20 heavy (non-hydrogen) atoms. The molecule has 5 nitrogen and oxygen atoms in total. The van der Waals surface area contributed by atoms with E-state index in [-0.39, 0.29) is 4.88 Å². The van der Waals surface area contributed by atoms with Gasteiger partial charge in [0.1, 0.15) is 4.88 Å². The van der Waals surface area contributed by atoms with Crippen LogP contribution in [-0.4, -0.2) is 17.1 Å². The zero-order chi connectivity index (χ0) is 14.7. The van der Waals surface area contributed by atoms with E-state index in [2.05, 4.69) is 10.6 Å². The molecule has 2 rings (SSSR count). The van der Waals surface area contributed by atoms with E-state index in [9.17, 15) is 9.59 Å². The molecule has 3 N–H and O–H groups in total. The Morgan fingerprint density at radius 2 is 1.70 bits per heavy atom. The van der Waals surface area contributed by atoms with Gasteiger partial charge in [-0.15, -0.1) is 11.3 Å². The molecular formula is C12H8Cl2N2O3S. The minimum atomic E-state index is -1.04. The number of benzene rings is 1. The van der Waals surface area contributed by atoms with Crippen molar-refractivity contribution in [1.29, 1.82) is 0 Å². The molecule has 0 aliphatic rings. The lowest BCUT2D eigenvalue weighted by molar-refractivity contribution is 0.0702. The molecule has 1 aromatic heterocycles. The Bertz CT molecular complexity index is 652. The van der Waals surface area contributed by atoms with Gasteiger partial charge in [-0.3, -0.25) is 5.32 Å². The van der Waals surface area contributed by atoms with Crippen LogP contribution in [0.2, 0.25) is 10.0 Å². The maximum absolute atomic E-state index is 11.7. The van der Waals surface area contributed by atoms with Gasteiger partial charge >= 0.3 is 12.0 Å². The molecule has 2 amide bonds. The first-order valence-electron chi connectivity index (χ1n) is 5.31. The summed E-state index contributed by atoms with van der Waals surface area (Å²) in [7, 11) is 0. The first-order valence-corrected chi connectivity index (χ1v) is 6.88. The van der Waals surface area contributed by atoms with Crippen LogP contribution >= 0.6 is 34.5 Å². The largest absolute Gasteiger partial charge is 0.477 e. The fraction of sp³-hybridized carbons (Fsp3) is 0. The molecule has 0 radical (unpaired) electrons. The summed E-state index contributed by atoms with van der Waals surface area (Å²) in [6.45, 7) is 0. The number of hydrogen-bond acceptors (Lipinski definition) is 3. The highest BCUT2D eigenvalue weighted by Gasteiger charge is 2.09. The van der Waals surface area contributed by atoms with Crippen molar-refractivity contribution < 1.29 is 14.7 Å². The summed E-state index contributed by atoms with van der Waals surface area (Å²) in [5.74, 6) is -1.04. The molecule has 1 aromatic carbocycles. The molecule has 2 aromatic rings. The van der Waals surface area contributed by atoms with Crippen LogP contribution in [0.25, 0.3) is 0 Å². The lowest BCUT2D eigenvalue weighted by Crippen LogP contribution is -2.18. The van der Waals surface area contributed by atoms with Gasteiger partial charge in [0.2, 0.25) is 0 Å². The van der Waals surface area contributed by atoms with Crippen LogP contribution in [0, 0.1) is 0 Å². The number of carbonyl (C=O) groups is 2. The van der Waals surface area contributed by atoms with Gasteiger partial charge in [-0.2, -0.15) is 0 Å². The van der Waals surface area contributed by atoms with E-state index < -0.39 is 12.0 Å². The first kappa shape index (κ1) is 14.6. The van der Waals surface area contributed by atoms with Gasteiger partial charge in [0.05, 0.1) is 5.00 Å². The number of rotatable bonds is 3. The number of halogens is 2. The van der Waals surface area contributed by atoms with Gasteiger partial charge in [-0.1, -0.05) is 23.2 Å². The Morgan fingerprint density at radius 3 is 2.25 bits per heavy atom. The number of carboxylic acid groups (broad SMARTS) is 1. The number of urea groups is 1. The topological polar surface area (TPSA) is 78.4 Å². The second-order valence-corrected chi connectivity index (χ2v) is 5.66. The van der Waals surface area contributed by atoms with E-state index in [0.29, 0.717) is 20.7 Å². The van der Waals surface area contributed by atoms with Crippen LogP contribution in [0.5, 0.6) is 0 Å². The minimum absolute atomic E-state index is 0.145. The molecule has 8 heteroatoms. The predicted molar refractivity (Wildman–Crippen MR) is 80.4 cm³/mol. The van der Waals surface area contributed by atoms with Gasteiger partial charge in [-0.05, 0) is 30.3 Å². The molecule has 0 aliphatic heterocycles. The Morgan fingerprint density at radius 1 is 1.05 bits per heavy atom. The highest BCUT2D eigenvalue weighted by Crippen LogP contribution is 2.24. The molecule has 0 fully saturated rings. The number of carbonyl (C=O) groups excluding carboxylic acids is 1. The number of amides is 2. The Kier molecular flexibility index (Phi) is 4.49. The monoisotopic (exact) mass is 330 g/mol. The quantitative estimate of drug-likeness (QED) is 0.780. The first-order chi connectivity index (χ1) is 9.44. The molecule has 0 spiro atoms. The molecule has 0 saturated carbocycles. The third-order valence-electron chi connectivity index (χ3n) is 2.17. The number of nitrogens with one attached hydrogen (secondary N) is 2. The van der Waals surface area contributed by atoms with E-state index in [4.69, 9.17) is 28.3 Å². The fourth-order valence-corrected chi connectivity index (χ4v) is 2.69. The molecule has 0 aliphatic carbocycles. The second kappa shape index (κ2) is 6.13. The molecule has 104 valence electrons. The van der Waals surface area contributed by atoms with E-state index >= 15 is 0 Å². The Hall–Kier alpha value is -1.76. The van der Waals surface area contributed by atoms with Gasteiger partial charge in [0.25, 0.3) is 0 Å². The van der Waals surface area contributed by atoms with E-state index in [1.165, 1.54) is 12.1 Å². The molecule has 0 saturated heterocycles. The molecule has 1 heterocycles. The van der Waals surface area contributed by atoms with Crippen LogP contribution in [0.1, 0.15) is 9.67 Å². The minimum Gasteiger partial charge on any atom is -0.477 e. The van der Waals surface area contributed by atoms with Gasteiger partial charge < -0.3 is 10.4 Å². The van der Waals surface area contributed by atoms with E-state index in [1.54, 1.807) is 18.2 Å². The summed E-state index contributed by atoms with van der Waals surface area (Å²) in [5.41, 5.74) is 0.440. The standard InChI is InChI=1S/C12H8Cl2N2O3S/c13-6-3-7(14)5-8(4-6)15-12(19)16-10-2-1-9(20-10)11(17)18/h1-5H,(H,17,18)(H2,15,16,19). The Balaban J connectivity index is 2.03. The number of anilines is 2. The summed E-state index contributed by atoms with van der Waals surface area (Å²) < 4.78 is 0. The molecule has 0 atom stereocenters. The van der Waals surface area contributed by atoms with Crippen LogP contribution < -0.4 is 10.6 Å². The molecular weight excluding hydrogens is 323 g/mol. The third kappa shape index (κ3) is 3.86. The average Bonchev–Trinajstić information content (AvgIpc) is 2.75.